The molecule has 0 spiro atoms. The molecule has 2 heterocycles. The highest BCUT2D eigenvalue weighted by Crippen LogP contribution is 2.14. The van der Waals surface area contributed by atoms with Crippen LogP contribution in [0.4, 0.5) is 17.8 Å². The highest BCUT2D eigenvalue weighted by Gasteiger charge is 2.22. The smallest absolute Gasteiger partial charge is 0.231 e. The Hall–Kier alpha value is -2.12. The van der Waals surface area contributed by atoms with Crippen molar-refractivity contribution in [2.45, 2.75) is 25.8 Å². The highest BCUT2D eigenvalue weighted by atomic mass is 16.1. The van der Waals surface area contributed by atoms with Gasteiger partial charge in [-0.2, -0.15) is 15.0 Å². The number of rotatable bonds is 6. The van der Waals surface area contributed by atoms with E-state index >= 15 is 0 Å². The molecule has 0 saturated carbocycles. The summed E-state index contributed by atoms with van der Waals surface area (Å²) in [5.74, 6) is 1.67. The number of hydrogen-bond donors (Lipinski definition) is 3. The van der Waals surface area contributed by atoms with Crippen molar-refractivity contribution in [3.8, 4) is 0 Å². The van der Waals surface area contributed by atoms with Crippen LogP contribution in [-0.4, -0.2) is 54.1 Å². The first-order chi connectivity index (χ1) is 9.58. The summed E-state index contributed by atoms with van der Waals surface area (Å²) in [4.78, 5) is 26.0. The van der Waals surface area contributed by atoms with Crippen LogP contribution >= 0.6 is 0 Å². The number of hydrogen-bond acceptors (Lipinski definition) is 7. The molecule has 1 amide bonds. The van der Waals surface area contributed by atoms with Crippen molar-refractivity contribution < 1.29 is 4.79 Å². The Kier molecular flexibility index (Phi) is 4.54. The zero-order valence-electron chi connectivity index (χ0n) is 12.1. The first kappa shape index (κ1) is 14.3. The predicted octanol–water partition coefficient (Wildman–Crippen LogP) is 0.0599. The van der Waals surface area contributed by atoms with Crippen LogP contribution in [0.25, 0.3) is 0 Å². The zero-order chi connectivity index (χ0) is 14.5. The number of carbonyl (C=O) groups excluding carboxylic acids is 1. The molecule has 3 N–H and O–H groups in total. The standard InChI is InChI=1S/C12H21N7O/c1-4-5-13-10-16-11(18-12(17-10)19(2)3)15-8-6-9(20)14-7-8/h8H,4-7H2,1-3H3,(H,14,20)(H2,13,15,16,17,18). The Balaban J connectivity index is 2.13. The van der Waals surface area contributed by atoms with Gasteiger partial charge in [-0.25, -0.2) is 0 Å². The van der Waals surface area contributed by atoms with Gasteiger partial charge in [-0.3, -0.25) is 4.79 Å². The molecule has 8 heteroatoms. The van der Waals surface area contributed by atoms with Crippen molar-refractivity contribution in [1.29, 1.82) is 0 Å². The summed E-state index contributed by atoms with van der Waals surface area (Å²) >= 11 is 0. The van der Waals surface area contributed by atoms with Crippen molar-refractivity contribution in [3.63, 3.8) is 0 Å². The molecule has 1 unspecified atom stereocenters. The molecule has 0 aromatic carbocycles. The van der Waals surface area contributed by atoms with E-state index < -0.39 is 0 Å². The minimum atomic E-state index is 0.0268. The van der Waals surface area contributed by atoms with Gasteiger partial charge in [0.25, 0.3) is 0 Å². The number of nitrogens with one attached hydrogen (secondary N) is 3. The summed E-state index contributed by atoms with van der Waals surface area (Å²) in [5.41, 5.74) is 0. The number of anilines is 3. The van der Waals surface area contributed by atoms with Gasteiger partial charge in [-0.15, -0.1) is 0 Å². The lowest BCUT2D eigenvalue weighted by Crippen LogP contribution is -2.25. The molecule has 1 aliphatic heterocycles. The average Bonchev–Trinajstić information content (AvgIpc) is 2.81. The molecule has 1 atom stereocenters. The normalized spacial score (nSPS) is 17.8. The fourth-order valence-corrected chi connectivity index (χ4v) is 1.83. The second-order valence-electron chi connectivity index (χ2n) is 4.95. The van der Waals surface area contributed by atoms with E-state index in [1.54, 1.807) is 0 Å². The van der Waals surface area contributed by atoms with Crippen LogP contribution in [0.3, 0.4) is 0 Å². The Bertz CT molecular complexity index is 477. The molecular formula is C12H21N7O. The zero-order valence-corrected chi connectivity index (χ0v) is 12.1. The van der Waals surface area contributed by atoms with E-state index in [2.05, 4.69) is 37.8 Å². The molecule has 1 aliphatic rings. The van der Waals surface area contributed by atoms with Crippen molar-refractivity contribution in [2.75, 3.05) is 42.7 Å². The molecule has 0 bridgehead atoms. The van der Waals surface area contributed by atoms with Gasteiger partial charge in [0.1, 0.15) is 0 Å². The number of nitrogens with zero attached hydrogens (tertiary/aromatic N) is 4. The van der Waals surface area contributed by atoms with E-state index in [4.69, 9.17) is 0 Å². The Labute approximate surface area is 118 Å². The second kappa shape index (κ2) is 6.36. The number of amides is 1. The molecule has 8 nitrogen and oxygen atoms in total. The first-order valence-corrected chi connectivity index (χ1v) is 6.79. The molecule has 0 aliphatic carbocycles. The van der Waals surface area contributed by atoms with Crippen LogP contribution in [-0.2, 0) is 4.79 Å². The second-order valence-corrected chi connectivity index (χ2v) is 4.95. The van der Waals surface area contributed by atoms with Crippen molar-refractivity contribution in [2.24, 2.45) is 0 Å². The van der Waals surface area contributed by atoms with Gasteiger partial charge in [-0.05, 0) is 6.42 Å². The van der Waals surface area contributed by atoms with Gasteiger partial charge in [0.2, 0.25) is 23.8 Å². The molecule has 110 valence electrons. The van der Waals surface area contributed by atoms with Gasteiger partial charge in [-0.1, -0.05) is 6.92 Å². The lowest BCUT2D eigenvalue weighted by atomic mass is 10.3. The maximum absolute atomic E-state index is 11.2. The molecule has 0 radical (unpaired) electrons. The Morgan fingerprint density at radius 2 is 2.05 bits per heavy atom. The predicted molar refractivity (Wildman–Crippen MR) is 78.0 cm³/mol. The van der Waals surface area contributed by atoms with Gasteiger partial charge in [0, 0.05) is 33.6 Å². The molecule has 1 aromatic heterocycles. The minimum absolute atomic E-state index is 0.0268. The van der Waals surface area contributed by atoms with Crippen molar-refractivity contribution in [3.05, 3.63) is 0 Å². The quantitative estimate of drug-likeness (QED) is 0.677. The highest BCUT2D eigenvalue weighted by molar-refractivity contribution is 5.79. The Morgan fingerprint density at radius 3 is 2.65 bits per heavy atom. The van der Waals surface area contributed by atoms with Gasteiger partial charge in [0.05, 0.1) is 6.04 Å². The number of carbonyl (C=O) groups is 1. The van der Waals surface area contributed by atoms with Gasteiger partial charge >= 0.3 is 0 Å². The van der Waals surface area contributed by atoms with Gasteiger partial charge < -0.3 is 20.9 Å². The third kappa shape index (κ3) is 3.69. The summed E-state index contributed by atoms with van der Waals surface area (Å²) in [5, 5.41) is 9.10. The lowest BCUT2D eigenvalue weighted by molar-refractivity contribution is -0.119. The fraction of sp³-hybridized carbons (Fsp3) is 0.667. The number of aromatic nitrogens is 3. The largest absolute Gasteiger partial charge is 0.354 e. The molecule has 1 aromatic rings. The van der Waals surface area contributed by atoms with Crippen molar-refractivity contribution in [1.82, 2.24) is 20.3 Å². The average molecular weight is 279 g/mol. The van der Waals surface area contributed by atoms with Crippen LogP contribution in [0.15, 0.2) is 0 Å². The summed E-state index contributed by atoms with van der Waals surface area (Å²) in [6.07, 6.45) is 1.44. The van der Waals surface area contributed by atoms with Crippen LogP contribution in [0, 0.1) is 0 Å². The maximum atomic E-state index is 11.2. The Morgan fingerprint density at radius 1 is 1.30 bits per heavy atom. The third-order valence-electron chi connectivity index (χ3n) is 2.87. The first-order valence-electron chi connectivity index (χ1n) is 6.79. The van der Waals surface area contributed by atoms with E-state index in [0.29, 0.717) is 30.8 Å². The van der Waals surface area contributed by atoms with Crippen LogP contribution in [0.2, 0.25) is 0 Å². The van der Waals surface area contributed by atoms with Crippen LogP contribution in [0.5, 0.6) is 0 Å². The SMILES string of the molecule is CCCNc1nc(NC2CNC(=O)C2)nc(N(C)C)n1. The topological polar surface area (TPSA) is 95.1 Å². The minimum Gasteiger partial charge on any atom is -0.354 e. The van der Waals surface area contributed by atoms with E-state index in [9.17, 15) is 4.79 Å². The van der Waals surface area contributed by atoms with Crippen LogP contribution in [0.1, 0.15) is 19.8 Å². The van der Waals surface area contributed by atoms with E-state index in [0.717, 1.165) is 13.0 Å². The van der Waals surface area contributed by atoms with E-state index in [1.165, 1.54) is 0 Å². The summed E-state index contributed by atoms with van der Waals surface area (Å²) in [7, 11) is 3.76. The fourth-order valence-electron chi connectivity index (χ4n) is 1.83. The molecule has 2 rings (SSSR count). The molecule has 1 saturated heterocycles. The van der Waals surface area contributed by atoms with E-state index in [1.807, 2.05) is 19.0 Å². The summed E-state index contributed by atoms with van der Waals surface area (Å²) in [6.45, 7) is 3.48. The molecule has 20 heavy (non-hydrogen) atoms. The van der Waals surface area contributed by atoms with Gasteiger partial charge in [0.15, 0.2) is 0 Å². The molecule has 1 fully saturated rings. The van der Waals surface area contributed by atoms with Crippen molar-refractivity contribution >= 4 is 23.8 Å². The van der Waals surface area contributed by atoms with Crippen LogP contribution < -0.4 is 20.9 Å². The lowest BCUT2D eigenvalue weighted by Gasteiger charge is -2.15. The van der Waals surface area contributed by atoms with E-state index in [-0.39, 0.29) is 11.9 Å². The third-order valence-corrected chi connectivity index (χ3v) is 2.87. The summed E-state index contributed by atoms with van der Waals surface area (Å²) < 4.78 is 0. The maximum Gasteiger partial charge on any atom is 0.231 e. The monoisotopic (exact) mass is 279 g/mol. The summed E-state index contributed by atoms with van der Waals surface area (Å²) in [6, 6.07) is 0.0268. The molecular weight excluding hydrogens is 258 g/mol.